The fourth-order valence-corrected chi connectivity index (χ4v) is 3.84. The molecule has 0 radical (unpaired) electrons. The summed E-state index contributed by atoms with van der Waals surface area (Å²) in [7, 11) is 0. The molecule has 3 heterocycles. The third kappa shape index (κ3) is 2.74. The van der Waals surface area contributed by atoms with Crippen LogP contribution < -0.4 is 4.90 Å². The number of aryl methyl sites for hydroxylation is 1. The summed E-state index contributed by atoms with van der Waals surface area (Å²) < 4.78 is 0. The van der Waals surface area contributed by atoms with Crippen molar-refractivity contribution in [3.05, 3.63) is 53.9 Å². The Balaban J connectivity index is 1.38. The van der Waals surface area contributed by atoms with Crippen LogP contribution in [0.2, 0.25) is 0 Å². The molecule has 2 aromatic heterocycles. The molecule has 0 fully saturated rings. The molecule has 1 amide bonds. The van der Waals surface area contributed by atoms with E-state index < -0.39 is 0 Å². The van der Waals surface area contributed by atoms with Crippen molar-refractivity contribution in [3.63, 3.8) is 0 Å². The zero-order chi connectivity index (χ0) is 19.3. The topological polar surface area (TPSA) is 92.6 Å². The highest BCUT2D eigenvalue weighted by atomic mass is 16.2. The minimum Gasteiger partial charge on any atom is -0.342 e. The van der Waals surface area contributed by atoms with Crippen LogP contribution >= 0.6 is 0 Å². The van der Waals surface area contributed by atoms with Gasteiger partial charge in [-0.15, -0.1) is 10.2 Å². The van der Waals surface area contributed by atoms with Crippen LogP contribution in [0.3, 0.4) is 0 Å². The van der Waals surface area contributed by atoms with Gasteiger partial charge in [0.1, 0.15) is 12.4 Å². The van der Waals surface area contributed by atoms with Gasteiger partial charge in [0.2, 0.25) is 5.82 Å². The number of aromatic nitrogens is 6. The molecule has 4 aromatic rings. The van der Waals surface area contributed by atoms with Crippen LogP contribution in [0, 0.1) is 6.92 Å². The van der Waals surface area contributed by atoms with Gasteiger partial charge in [-0.1, -0.05) is 18.2 Å². The number of fused-ring (bicyclic) bond motifs is 2. The Morgan fingerprint density at radius 1 is 1.25 bits per heavy atom. The van der Waals surface area contributed by atoms with Crippen molar-refractivity contribution >= 4 is 22.6 Å². The molecule has 140 valence electrons. The summed E-state index contributed by atoms with van der Waals surface area (Å²) in [6, 6.07) is 13.9. The lowest BCUT2D eigenvalue weighted by atomic mass is 10.1. The van der Waals surface area contributed by atoms with E-state index in [-0.39, 0.29) is 18.5 Å². The number of carbonyl (C=O) groups is 1. The van der Waals surface area contributed by atoms with Gasteiger partial charge in [0, 0.05) is 17.3 Å². The molecule has 1 N–H and O–H groups in total. The van der Waals surface area contributed by atoms with E-state index in [1.54, 1.807) is 0 Å². The monoisotopic (exact) mass is 373 g/mol. The number of imidazole rings is 1. The highest BCUT2D eigenvalue weighted by molar-refractivity contribution is 5.96. The number of aromatic amines is 1. The zero-order valence-corrected chi connectivity index (χ0v) is 15.6. The summed E-state index contributed by atoms with van der Waals surface area (Å²) >= 11 is 0. The van der Waals surface area contributed by atoms with E-state index >= 15 is 0 Å². The van der Waals surface area contributed by atoms with Gasteiger partial charge in [-0.05, 0) is 55.3 Å². The minimum absolute atomic E-state index is 0.0407. The Hall–Kier alpha value is -3.55. The Bertz CT molecular complexity index is 1190. The molecule has 28 heavy (non-hydrogen) atoms. The van der Waals surface area contributed by atoms with Crippen molar-refractivity contribution in [3.8, 4) is 11.4 Å². The third-order valence-electron chi connectivity index (χ3n) is 5.06. The quantitative estimate of drug-likeness (QED) is 0.596. The molecule has 0 spiro atoms. The first kappa shape index (κ1) is 16.6. The van der Waals surface area contributed by atoms with Crippen LogP contribution in [0.5, 0.6) is 0 Å². The molecule has 0 saturated heterocycles. The fraction of sp³-hybridized carbons (Fsp3) is 0.250. The lowest BCUT2D eigenvalue weighted by Crippen LogP contribution is -2.38. The molecule has 8 heteroatoms. The van der Waals surface area contributed by atoms with Gasteiger partial charge in [0.15, 0.2) is 0 Å². The van der Waals surface area contributed by atoms with Gasteiger partial charge >= 0.3 is 0 Å². The van der Waals surface area contributed by atoms with E-state index in [9.17, 15) is 4.79 Å². The number of amides is 1. The molecule has 0 aliphatic carbocycles. The van der Waals surface area contributed by atoms with Crippen LogP contribution in [0.25, 0.3) is 22.4 Å². The van der Waals surface area contributed by atoms with Gasteiger partial charge < -0.3 is 9.88 Å². The van der Waals surface area contributed by atoms with E-state index in [1.807, 2.05) is 48.2 Å². The largest absolute Gasteiger partial charge is 0.342 e. The first-order valence-electron chi connectivity index (χ1n) is 9.23. The molecule has 5 rings (SSSR count). The SMILES string of the molecule is Cc1nc2ccc(-c3nnn(CC(=O)N4c5ccccc5CC4C)n3)cc2[nH]1. The van der Waals surface area contributed by atoms with E-state index in [0.29, 0.717) is 5.82 Å². The lowest BCUT2D eigenvalue weighted by molar-refractivity contribution is -0.119. The number of para-hydroxylation sites is 1. The number of benzene rings is 2. The van der Waals surface area contributed by atoms with Crippen molar-refractivity contribution in [1.82, 2.24) is 30.2 Å². The number of hydrogen-bond acceptors (Lipinski definition) is 5. The summed E-state index contributed by atoms with van der Waals surface area (Å²) in [5.74, 6) is 1.30. The second-order valence-electron chi connectivity index (χ2n) is 7.14. The van der Waals surface area contributed by atoms with Crippen LogP contribution in [-0.2, 0) is 17.8 Å². The first-order valence-corrected chi connectivity index (χ1v) is 9.23. The Kier molecular flexibility index (Phi) is 3.71. The second-order valence-corrected chi connectivity index (χ2v) is 7.14. The normalized spacial score (nSPS) is 15.9. The van der Waals surface area contributed by atoms with Crippen molar-refractivity contribution in [1.29, 1.82) is 0 Å². The molecular weight excluding hydrogens is 354 g/mol. The molecule has 1 atom stereocenters. The maximum Gasteiger partial charge on any atom is 0.250 e. The van der Waals surface area contributed by atoms with Gasteiger partial charge in [-0.3, -0.25) is 4.79 Å². The molecule has 1 unspecified atom stereocenters. The van der Waals surface area contributed by atoms with Crippen LogP contribution in [0.4, 0.5) is 5.69 Å². The third-order valence-corrected chi connectivity index (χ3v) is 5.06. The number of nitrogens with zero attached hydrogens (tertiary/aromatic N) is 6. The van der Waals surface area contributed by atoms with Crippen molar-refractivity contribution in [2.75, 3.05) is 4.90 Å². The number of nitrogens with one attached hydrogen (secondary N) is 1. The summed E-state index contributed by atoms with van der Waals surface area (Å²) in [6.45, 7) is 4.02. The van der Waals surface area contributed by atoms with E-state index in [2.05, 4.69) is 38.4 Å². The number of H-pyrrole nitrogens is 1. The smallest absolute Gasteiger partial charge is 0.250 e. The van der Waals surface area contributed by atoms with Gasteiger partial charge in [-0.2, -0.15) is 4.80 Å². The fourth-order valence-electron chi connectivity index (χ4n) is 3.84. The number of anilines is 1. The predicted molar refractivity (Wildman–Crippen MR) is 105 cm³/mol. The molecule has 2 aromatic carbocycles. The predicted octanol–water partition coefficient (Wildman–Crippen LogP) is 2.50. The van der Waals surface area contributed by atoms with Crippen LogP contribution in [0.1, 0.15) is 18.3 Å². The Labute approximate surface area is 161 Å². The maximum atomic E-state index is 12.9. The van der Waals surface area contributed by atoms with Crippen molar-refractivity contribution < 1.29 is 4.79 Å². The molecule has 1 aliphatic heterocycles. The average Bonchev–Trinajstić information content (AvgIpc) is 3.35. The summed E-state index contributed by atoms with van der Waals surface area (Å²) in [5.41, 5.74) is 4.81. The highest BCUT2D eigenvalue weighted by Crippen LogP contribution is 2.32. The number of carbonyl (C=O) groups excluding carboxylic acids is 1. The zero-order valence-electron chi connectivity index (χ0n) is 15.6. The molecular formula is C20H19N7O. The summed E-state index contributed by atoms with van der Waals surface area (Å²) in [6.07, 6.45) is 0.863. The van der Waals surface area contributed by atoms with E-state index in [0.717, 1.165) is 34.5 Å². The average molecular weight is 373 g/mol. The number of rotatable bonds is 3. The van der Waals surface area contributed by atoms with E-state index in [1.165, 1.54) is 10.4 Å². The van der Waals surface area contributed by atoms with Crippen LogP contribution in [-0.4, -0.2) is 42.1 Å². The van der Waals surface area contributed by atoms with Crippen LogP contribution in [0.15, 0.2) is 42.5 Å². The van der Waals surface area contributed by atoms with Crippen molar-refractivity contribution in [2.24, 2.45) is 0 Å². The molecule has 1 aliphatic rings. The highest BCUT2D eigenvalue weighted by Gasteiger charge is 2.30. The standard InChI is InChI=1S/C20H19N7O/c1-12-9-14-5-3-4-6-18(14)27(12)19(28)11-26-24-20(23-25-26)15-7-8-16-17(10-15)22-13(2)21-16/h3-8,10,12H,9,11H2,1-2H3,(H,21,22). The lowest BCUT2D eigenvalue weighted by Gasteiger charge is -2.22. The molecule has 0 saturated carbocycles. The summed E-state index contributed by atoms with van der Waals surface area (Å²) in [4.78, 5) is 23.7. The van der Waals surface area contributed by atoms with Gasteiger partial charge in [0.05, 0.1) is 11.0 Å². The second kappa shape index (κ2) is 6.26. The number of tetrazole rings is 1. The maximum absolute atomic E-state index is 12.9. The Morgan fingerprint density at radius 3 is 3.00 bits per heavy atom. The van der Waals surface area contributed by atoms with E-state index in [4.69, 9.17) is 0 Å². The molecule has 0 bridgehead atoms. The van der Waals surface area contributed by atoms with Gasteiger partial charge in [0.25, 0.3) is 5.91 Å². The number of hydrogen-bond donors (Lipinski definition) is 1. The summed E-state index contributed by atoms with van der Waals surface area (Å²) in [5, 5.41) is 12.6. The minimum atomic E-state index is -0.0407. The van der Waals surface area contributed by atoms with Gasteiger partial charge in [-0.25, -0.2) is 4.98 Å². The van der Waals surface area contributed by atoms with Crippen molar-refractivity contribution in [2.45, 2.75) is 32.9 Å². The first-order chi connectivity index (χ1) is 13.6. The Morgan fingerprint density at radius 2 is 2.11 bits per heavy atom. The molecule has 8 nitrogen and oxygen atoms in total.